The second-order valence-corrected chi connectivity index (χ2v) is 6.47. The van der Waals surface area contributed by atoms with Crippen molar-refractivity contribution in [3.8, 4) is 5.75 Å². The molecule has 0 bridgehead atoms. The first kappa shape index (κ1) is 21.7. The van der Waals surface area contributed by atoms with Gasteiger partial charge in [0.2, 0.25) is 0 Å². The van der Waals surface area contributed by atoms with E-state index in [-0.39, 0.29) is 24.0 Å². The maximum absolute atomic E-state index is 5.79. The summed E-state index contributed by atoms with van der Waals surface area (Å²) >= 11 is 1.68. The molecule has 5 nitrogen and oxygen atoms in total. The molecule has 1 aromatic carbocycles. The van der Waals surface area contributed by atoms with Gasteiger partial charge in [0.15, 0.2) is 5.96 Å². The lowest BCUT2D eigenvalue weighted by Crippen LogP contribution is -2.39. The number of benzene rings is 1. The molecular formula is C18H27IN4OS. The summed E-state index contributed by atoms with van der Waals surface area (Å²) in [4.78, 5) is 9.04. The summed E-state index contributed by atoms with van der Waals surface area (Å²) in [5.74, 6) is 1.75. The average molecular weight is 474 g/mol. The van der Waals surface area contributed by atoms with Crippen LogP contribution in [0.3, 0.4) is 0 Å². The first-order valence-corrected chi connectivity index (χ1v) is 9.18. The zero-order chi connectivity index (χ0) is 17.2. The fourth-order valence-corrected chi connectivity index (χ4v) is 2.84. The molecule has 0 unspecified atom stereocenters. The normalized spacial score (nSPS) is 10.9. The van der Waals surface area contributed by atoms with Crippen molar-refractivity contribution in [1.82, 2.24) is 15.6 Å². The number of aryl methyl sites for hydroxylation is 2. The number of guanidine groups is 1. The van der Waals surface area contributed by atoms with Crippen LogP contribution < -0.4 is 15.4 Å². The van der Waals surface area contributed by atoms with Crippen molar-refractivity contribution < 1.29 is 4.74 Å². The third-order valence-electron chi connectivity index (χ3n) is 3.39. The number of ether oxygens (including phenoxy) is 1. The first-order valence-electron chi connectivity index (χ1n) is 8.30. The minimum absolute atomic E-state index is 0. The van der Waals surface area contributed by atoms with Gasteiger partial charge in [-0.05, 0) is 32.4 Å². The van der Waals surface area contributed by atoms with Gasteiger partial charge in [-0.3, -0.25) is 4.99 Å². The average Bonchev–Trinajstić information content (AvgIpc) is 2.98. The lowest BCUT2D eigenvalue weighted by molar-refractivity contribution is 0.320. The number of nitrogens with zero attached hydrogens (tertiary/aromatic N) is 2. The van der Waals surface area contributed by atoms with E-state index in [1.54, 1.807) is 11.3 Å². The van der Waals surface area contributed by atoms with Gasteiger partial charge in [0.05, 0.1) is 17.2 Å². The highest BCUT2D eigenvalue weighted by Gasteiger charge is 2.01. The molecule has 1 aromatic heterocycles. The Morgan fingerprint density at radius 3 is 2.72 bits per heavy atom. The summed E-state index contributed by atoms with van der Waals surface area (Å²) in [5.41, 5.74) is 2.26. The molecule has 7 heteroatoms. The van der Waals surface area contributed by atoms with Gasteiger partial charge in [-0.2, -0.15) is 0 Å². The highest BCUT2D eigenvalue weighted by molar-refractivity contribution is 14.0. The van der Waals surface area contributed by atoms with Gasteiger partial charge in [-0.1, -0.05) is 18.2 Å². The molecule has 25 heavy (non-hydrogen) atoms. The summed E-state index contributed by atoms with van der Waals surface area (Å²) in [7, 11) is 0. The van der Waals surface area contributed by atoms with E-state index in [0.29, 0.717) is 13.2 Å². The molecule has 1 heterocycles. The van der Waals surface area contributed by atoms with Crippen molar-refractivity contribution >= 4 is 41.3 Å². The molecule has 0 spiro atoms. The molecule has 0 radical (unpaired) electrons. The summed E-state index contributed by atoms with van der Waals surface area (Å²) in [6.07, 6.45) is 0.862. The van der Waals surface area contributed by atoms with Crippen molar-refractivity contribution in [3.63, 3.8) is 0 Å². The molecule has 2 rings (SSSR count). The second-order valence-electron chi connectivity index (χ2n) is 5.41. The Hall–Kier alpha value is -1.35. The van der Waals surface area contributed by atoms with E-state index in [4.69, 9.17) is 4.74 Å². The van der Waals surface area contributed by atoms with E-state index in [0.717, 1.165) is 47.5 Å². The van der Waals surface area contributed by atoms with E-state index in [2.05, 4.69) is 45.9 Å². The topological polar surface area (TPSA) is 58.5 Å². The molecule has 0 aliphatic heterocycles. The molecule has 0 atom stereocenters. The van der Waals surface area contributed by atoms with Gasteiger partial charge in [-0.25, -0.2) is 4.98 Å². The smallest absolute Gasteiger partial charge is 0.191 e. The molecule has 0 aliphatic carbocycles. The summed E-state index contributed by atoms with van der Waals surface area (Å²) in [6, 6.07) is 8.04. The van der Waals surface area contributed by atoms with Gasteiger partial charge in [0.25, 0.3) is 0 Å². The quantitative estimate of drug-likeness (QED) is 0.266. The SMILES string of the molecule is CCNC(=NCCc1csc(C)n1)NCCOc1ccccc1C.I. The zero-order valence-electron chi connectivity index (χ0n) is 15.0. The predicted octanol–water partition coefficient (Wildman–Crippen LogP) is 3.55. The van der Waals surface area contributed by atoms with Crippen molar-refractivity contribution in [2.24, 2.45) is 4.99 Å². The van der Waals surface area contributed by atoms with Crippen LogP contribution in [0.2, 0.25) is 0 Å². The van der Waals surface area contributed by atoms with Crippen LogP contribution in [0.1, 0.15) is 23.2 Å². The number of halogens is 1. The Balaban J connectivity index is 0.00000312. The van der Waals surface area contributed by atoms with Gasteiger partial charge >= 0.3 is 0 Å². The molecule has 0 fully saturated rings. The van der Waals surface area contributed by atoms with Crippen molar-refractivity contribution in [3.05, 3.63) is 45.9 Å². The number of thiazole rings is 1. The van der Waals surface area contributed by atoms with Gasteiger partial charge in [0, 0.05) is 24.9 Å². The number of aromatic nitrogens is 1. The highest BCUT2D eigenvalue weighted by Crippen LogP contribution is 2.15. The maximum atomic E-state index is 5.79. The van der Waals surface area contributed by atoms with E-state index < -0.39 is 0 Å². The molecule has 0 saturated carbocycles. The van der Waals surface area contributed by atoms with Crippen molar-refractivity contribution in [1.29, 1.82) is 0 Å². The Morgan fingerprint density at radius 1 is 1.24 bits per heavy atom. The molecule has 2 aromatic rings. The lowest BCUT2D eigenvalue weighted by atomic mass is 10.2. The van der Waals surface area contributed by atoms with Crippen molar-refractivity contribution in [2.45, 2.75) is 27.2 Å². The Bertz CT molecular complexity index is 660. The first-order chi connectivity index (χ1) is 11.7. The van der Waals surface area contributed by atoms with Crippen LogP contribution in [0.4, 0.5) is 0 Å². The van der Waals surface area contributed by atoms with Crippen LogP contribution >= 0.6 is 35.3 Å². The summed E-state index contributed by atoms with van der Waals surface area (Å²) in [5, 5.41) is 9.75. The summed E-state index contributed by atoms with van der Waals surface area (Å²) < 4.78 is 5.79. The monoisotopic (exact) mass is 474 g/mol. The van der Waals surface area contributed by atoms with Crippen LogP contribution in [0, 0.1) is 13.8 Å². The van der Waals surface area contributed by atoms with Gasteiger partial charge in [-0.15, -0.1) is 35.3 Å². The van der Waals surface area contributed by atoms with E-state index >= 15 is 0 Å². The number of hydrogen-bond acceptors (Lipinski definition) is 4. The van der Waals surface area contributed by atoms with Crippen molar-refractivity contribution in [2.75, 3.05) is 26.2 Å². The highest BCUT2D eigenvalue weighted by atomic mass is 127. The zero-order valence-corrected chi connectivity index (χ0v) is 18.2. The second kappa shape index (κ2) is 12.1. The van der Waals surface area contributed by atoms with E-state index in [9.17, 15) is 0 Å². The number of para-hydroxylation sites is 1. The van der Waals surface area contributed by atoms with Gasteiger partial charge < -0.3 is 15.4 Å². The van der Waals surface area contributed by atoms with Crippen LogP contribution in [0.25, 0.3) is 0 Å². The molecule has 0 aliphatic rings. The molecule has 2 N–H and O–H groups in total. The molecule has 0 saturated heterocycles. The van der Waals surface area contributed by atoms with Crippen LogP contribution in [-0.2, 0) is 6.42 Å². The standard InChI is InChI=1S/C18H26N4OS.HI/c1-4-19-18(20-10-9-16-13-24-15(3)22-16)21-11-12-23-17-8-6-5-7-14(17)2;/h5-8,13H,4,9-12H2,1-3H3,(H2,19,20,21);1H. The number of hydrogen-bond donors (Lipinski definition) is 2. The third kappa shape index (κ3) is 8.04. The largest absolute Gasteiger partial charge is 0.491 e. The number of rotatable bonds is 8. The minimum Gasteiger partial charge on any atom is -0.491 e. The Kier molecular flexibility index (Phi) is 10.5. The number of aliphatic imine (C=N–C) groups is 1. The molecular weight excluding hydrogens is 447 g/mol. The fraction of sp³-hybridized carbons (Fsp3) is 0.444. The van der Waals surface area contributed by atoms with Crippen LogP contribution in [0.5, 0.6) is 5.75 Å². The summed E-state index contributed by atoms with van der Waals surface area (Å²) in [6.45, 7) is 8.99. The van der Waals surface area contributed by atoms with Gasteiger partial charge in [0.1, 0.15) is 12.4 Å². The predicted molar refractivity (Wildman–Crippen MR) is 117 cm³/mol. The van der Waals surface area contributed by atoms with Crippen LogP contribution in [0.15, 0.2) is 34.6 Å². The Labute approximate surface area is 171 Å². The maximum Gasteiger partial charge on any atom is 0.191 e. The Morgan fingerprint density at radius 2 is 2.04 bits per heavy atom. The molecule has 138 valence electrons. The van der Waals surface area contributed by atoms with E-state index in [1.165, 1.54) is 0 Å². The fourth-order valence-electron chi connectivity index (χ4n) is 2.20. The third-order valence-corrected chi connectivity index (χ3v) is 4.22. The van der Waals surface area contributed by atoms with Crippen LogP contribution in [-0.4, -0.2) is 37.2 Å². The lowest BCUT2D eigenvalue weighted by Gasteiger charge is -2.12. The minimum atomic E-state index is 0. The molecule has 0 amide bonds. The van der Waals surface area contributed by atoms with E-state index in [1.807, 2.05) is 25.1 Å². The number of nitrogens with one attached hydrogen (secondary N) is 2.